The van der Waals surface area contributed by atoms with E-state index in [-0.39, 0.29) is 5.91 Å². The molecule has 0 aliphatic rings. The van der Waals surface area contributed by atoms with Crippen molar-refractivity contribution in [2.45, 2.75) is 19.9 Å². The molecule has 7 heteroatoms. The highest BCUT2D eigenvalue weighted by molar-refractivity contribution is 5.95. The van der Waals surface area contributed by atoms with Crippen molar-refractivity contribution >= 4 is 17.6 Å². The molecule has 3 N–H and O–H groups in total. The van der Waals surface area contributed by atoms with Crippen LogP contribution in [0.25, 0.3) is 0 Å². The van der Waals surface area contributed by atoms with E-state index >= 15 is 0 Å². The van der Waals surface area contributed by atoms with Gasteiger partial charge in [-0.3, -0.25) is 9.79 Å². The highest BCUT2D eigenvalue weighted by atomic mass is 16.5. The average Bonchev–Trinajstić information content (AvgIpc) is 2.74. The van der Waals surface area contributed by atoms with Gasteiger partial charge in [0.1, 0.15) is 0 Å². The van der Waals surface area contributed by atoms with E-state index in [0.717, 1.165) is 17.7 Å². The monoisotopic (exact) mass is 384 g/mol. The largest absolute Gasteiger partial charge is 0.493 e. The van der Waals surface area contributed by atoms with Crippen molar-refractivity contribution in [3.63, 3.8) is 0 Å². The third kappa shape index (κ3) is 5.90. The summed E-state index contributed by atoms with van der Waals surface area (Å²) < 4.78 is 10.6. The molecule has 2 aromatic carbocycles. The molecule has 2 rings (SSSR count). The van der Waals surface area contributed by atoms with Gasteiger partial charge in [-0.15, -0.1) is 0 Å². The number of methoxy groups -OCH3 is 2. The summed E-state index contributed by atoms with van der Waals surface area (Å²) in [6, 6.07) is 13.1. The lowest BCUT2D eigenvalue weighted by Crippen LogP contribution is -2.30. The molecule has 0 fully saturated rings. The van der Waals surface area contributed by atoms with Gasteiger partial charge in [-0.1, -0.05) is 19.1 Å². The molecule has 0 aliphatic carbocycles. The Morgan fingerprint density at radius 2 is 1.82 bits per heavy atom. The Balaban J connectivity index is 2.00. The topological polar surface area (TPSA) is 84.0 Å². The number of hydrogen-bond donors (Lipinski definition) is 3. The lowest BCUT2D eigenvalue weighted by Gasteiger charge is -2.14. The second-order valence-corrected chi connectivity index (χ2v) is 6.08. The SMILES string of the molecule is CCCNC(=O)c1cccc(CNC(=NC)Nc2ccc(OC)c(OC)c2)c1. The number of nitrogens with zero attached hydrogens (tertiary/aromatic N) is 1. The maximum absolute atomic E-state index is 12.1. The van der Waals surface area contributed by atoms with Crippen molar-refractivity contribution in [3.8, 4) is 11.5 Å². The quantitative estimate of drug-likeness (QED) is 0.481. The number of hydrogen-bond acceptors (Lipinski definition) is 4. The number of anilines is 1. The number of aliphatic imine (C=N–C) groups is 1. The Hall–Kier alpha value is -3.22. The van der Waals surface area contributed by atoms with E-state index in [1.807, 2.05) is 49.4 Å². The molecule has 0 aliphatic heterocycles. The molecule has 0 heterocycles. The van der Waals surface area contributed by atoms with Crippen LogP contribution >= 0.6 is 0 Å². The summed E-state index contributed by atoms with van der Waals surface area (Å²) in [5.74, 6) is 1.84. The Morgan fingerprint density at radius 1 is 1.04 bits per heavy atom. The maximum atomic E-state index is 12.1. The number of guanidine groups is 1. The summed E-state index contributed by atoms with van der Waals surface area (Å²) in [5.41, 5.74) is 2.45. The molecule has 0 radical (unpaired) electrons. The Labute approximate surface area is 166 Å². The third-order valence-electron chi connectivity index (χ3n) is 4.05. The Morgan fingerprint density at radius 3 is 2.50 bits per heavy atom. The molecule has 0 bridgehead atoms. The van der Waals surface area contributed by atoms with Crippen LogP contribution in [0.1, 0.15) is 29.3 Å². The second kappa shape index (κ2) is 10.8. The number of nitrogens with one attached hydrogen (secondary N) is 3. The summed E-state index contributed by atoms with van der Waals surface area (Å²) >= 11 is 0. The van der Waals surface area contributed by atoms with Crippen LogP contribution in [0.5, 0.6) is 11.5 Å². The van der Waals surface area contributed by atoms with E-state index < -0.39 is 0 Å². The molecule has 0 saturated heterocycles. The lowest BCUT2D eigenvalue weighted by molar-refractivity contribution is 0.0953. The van der Waals surface area contributed by atoms with Crippen LogP contribution in [0.3, 0.4) is 0 Å². The van der Waals surface area contributed by atoms with Crippen molar-refractivity contribution in [3.05, 3.63) is 53.6 Å². The van der Waals surface area contributed by atoms with Crippen molar-refractivity contribution < 1.29 is 14.3 Å². The molecule has 0 spiro atoms. The molecule has 1 amide bonds. The zero-order valence-corrected chi connectivity index (χ0v) is 16.8. The van der Waals surface area contributed by atoms with Crippen LogP contribution < -0.4 is 25.4 Å². The van der Waals surface area contributed by atoms with Gasteiger partial charge < -0.3 is 25.4 Å². The van der Waals surface area contributed by atoms with E-state index in [0.29, 0.717) is 36.1 Å². The van der Waals surface area contributed by atoms with E-state index in [2.05, 4.69) is 20.9 Å². The third-order valence-corrected chi connectivity index (χ3v) is 4.05. The molecule has 2 aromatic rings. The van der Waals surface area contributed by atoms with Gasteiger partial charge in [0.2, 0.25) is 0 Å². The first kappa shape index (κ1) is 21.1. The molecule has 0 unspecified atom stereocenters. The first-order valence-electron chi connectivity index (χ1n) is 9.18. The number of rotatable bonds is 8. The first-order valence-corrected chi connectivity index (χ1v) is 9.18. The fourth-order valence-electron chi connectivity index (χ4n) is 2.58. The number of amides is 1. The predicted octanol–water partition coefficient (Wildman–Crippen LogP) is 3.03. The van der Waals surface area contributed by atoms with Crippen LogP contribution in [0.15, 0.2) is 47.5 Å². The van der Waals surface area contributed by atoms with Gasteiger partial charge in [0, 0.05) is 37.5 Å². The van der Waals surface area contributed by atoms with Gasteiger partial charge in [0.05, 0.1) is 14.2 Å². The minimum absolute atomic E-state index is 0.0588. The fraction of sp³-hybridized carbons (Fsp3) is 0.333. The molecular weight excluding hydrogens is 356 g/mol. The zero-order valence-electron chi connectivity index (χ0n) is 16.8. The van der Waals surface area contributed by atoms with Crippen molar-refractivity contribution in [1.82, 2.24) is 10.6 Å². The lowest BCUT2D eigenvalue weighted by atomic mass is 10.1. The van der Waals surface area contributed by atoms with E-state index in [1.165, 1.54) is 0 Å². The highest BCUT2D eigenvalue weighted by Gasteiger charge is 2.08. The standard InChI is InChI=1S/C21H28N4O3/c1-5-11-23-20(26)16-8-6-7-15(12-16)14-24-21(22-2)25-17-9-10-18(27-3)19(13-17)28-4/h6-10,12-13H,5,11,14H2,1-4H3,(H,23,26)(H2,22,24,25). The minimum atomic E-state index is -0.0588. The molecular formula is C21H28N4O3. The first-order chi connectivity index (χ1) is 13.6. The number of benzene rings is 2. The van der Waals surface area contributed by atoms with E-state index in [4.69, 9.17) is 9.47 Å². The maximum Gasteiger partial charge on any atom is 0.251 e. The van der Waals surface area contributed by atoms with Gasteiger partial charge in [-0.05, 0) is 36.2 Å². The van der Waals surface area contributed by atoms with Gasteiger partial charge in [-0.25, -0.2) is 0 Å². The molecule has 150 valence electrons. The van der Waals surface area contributed by atoms with Gasteiger partial charge in [-0.2, -0.15) is 0 Å². The summed E-state index contributed by atoms with van der Waals surface area (Å²) in [6.07, 6.45) is 0.908. The Kier molecular flexibility index (Phi) is 8.14. The summed E-state index contributed by atoms with van der Waals surface area (Å²) in [5, 5.41) is 9.35. The minimum Gasteiger partial charge on any atom is -0.493 e. The number of carbonyl (C=O) groups is 1. The van der Waals surface area contributed by atoms with Gasteiger partial charge in [0.25, 0.3) is 5.91 Å². The van der Waals surface area contributed by atoms with E-state index in [9.17, 15) is 4.79 Å². The summed E-state index contributed by atoms with van der Waals surface area (Å²) in [6.45, 7) is 3.22. The smallest absolute Gasteiger partial charge is 0.251 e. The number of ether oxygens (including phenoxy) is 2. The highest BCUT2D eigenvalue weighted by Crippen LogP contribution is 2.29. The van der Waals surface area contributed by atoms with Gasteiger partial charge in [0.15, 0.2) is 17.5 Å². The fourth-order valence-corrected chi connectivity index (χ4v) is 2.58. The predicted molar refractivity (Wildman–Crippen MR) is 112 cm³/mol. The molecule has 0 atom stereocenters. The molecule has 28 heavy (non-hydrogen) atoms. The summed E-state index contributed by atoms with van der Waals surface area (Å²) in [4.78, 5) is 16.4. The average molecular weight is 384 g/mol. The summed E-state index contributed by atoms with van der Waals surface area (Å²) in [7, 11) is 4.89. The molecule has 7 nitrogen and oxygen atoms in total. The zero-order chi connectivity index (χ0) is 20.4. The van der Waals surface area contributed by atoms with Crippen LogP contribution in [0.2, 0.25) is 0 Å². The van der Waals surface area contributed by atoms with Crippen molar-refractivity contribution in [2.75, 3.05) is 33.1 Å². The van der Waals surface area contributed by atoms with Crippen LogP contribution in [0.4, 0.5) is 5.69 Å². The van der Waals surface area contributed by atoms with E-state index in [1.54, 1.807) is 21.3 Å². The van der Waals surface area contributed by atoms with Crippen molar-refractivity contribution in [1.29, 1.82) is 0 Å². The number of carbonyl (C=O) groups excluding carboxylic acids is 1. The van der Waals surface area contributed by atoms with Crippen LogP contribution in [-0.4, -0.2) is 39.7 Å². The van der Waals surface area contributed by atoms with Crippen molar-refractivity contribution in [2.24, 2.45) is 4.99 Å². The normalized spacial score (nSPS) is 10.9. The Bertz CT molecular complexity index is 821. The van der Waals surface area contributed by atoms with Gasteiger partial charge >= 0.3 is 0 Å². The van der Waals surface area contributed by atoms with Crippen LogP contribution in [0, 0.1) is 0 Å². The molecule has 0 saturated carbocycles. The molecule has 0 aromatic heterocycles. The second-order valence-electron chi connectivity index (χ2n) is 6.08. The van der Waals surface area contributed by atoms with Crippen LogP contribution in [-0.2, 0) is 6.54 Å².